The summed E-state index contributed by atoms with van der Waals surface area (Å²) < 4.78 is 0. The normalized spacial score (nSPS) is 12.0. The highest BCUT2D eigenvalue weighted by molar-refractivity contribution is 7.11. The Bertz CT molecular complexity index is 307. The largest absolute Gasteiger partial charge is 0.311 e. The van der Waals surface area contributed by atoms with Crippen molar-refractivity contribution in [1.82, 2.24) is 15.6 Å². The van der Waals surface area contributed by atoms with Gasteiger partial charge in [0.05, 0.1) is 0 Å². The molecule has 0 radical (unpaired) electrons. The highest BCUT2D eigenvalue weighted by Crippen LogP contribution is 2.13. The summed E-state index contributed by atoms with van der Waals surface area (Å²) in [4.78, 5) is 5.75. The first-order chi connectivity index (χ1) is 7.57. The highest BCUT2D eigenvalue weighted by atomic mass is 32.1. The molecule has 0 amide bonds. The number of nitrogens with one attached hydrogen (secondary N) is 2. The Kier molecular flexibility index (Phi) is 5.38. The SMILES string of the molecule is CCNC(C)(C)CNCc1ncc(CC)s1. The number of rotatable bonds is 7. The molecule has 0 bridgehead atoms. The summed E-state index contributed by atoms with van der Waals surface area (Å²) >= 11 is 1.80. The predicted octanol–water partition coefficient (Wildman–Crippen LogP) is 2.18. The van der Waals surface area contributed by atoms with Gasteiger partial charge < -0.3 is 10.6 Å². The van der Waals surface area contributed by atoms with E-state index in [1.54, 1.807) is 11.3 Å². The zero-order chi connectivity index (χ0) is 12.0. The molecule has 0 aliphatic carbocycles. The molecule has 4 heteroatoms. The zero-order valence-electron chi connectivity index (χ0n) is 10.8. The van der Waals surface area contributed by atoms with Gasteiger partial charge in [-0.2, -0.15) is 0 Å². The molecular weight excluding hydrogens is 218 g/mol. The quantitative estimate of drug-likeness (QED) is 0.768. The summed E-state index contributed by atoms with van der Waals surface area (Å²) in [5.41, 5.74) is 0.152. The fourth-order valence-electron chi connectivity index (χ4n) is 1.62. The maximum Gasteiger partial charge on any atom is 0.107 e. The zero-order valence-corrected chi connectivity index (χ0v) is 11.6. The van der Waals surface area contributed by atoms with E-state index in [0.717, 1.165) is 26.1 Å². The van der Waals surface area contributed by atoms with E-state index < -0.39 is 0 Å². The Morgan fingerprint density at radius 3 is 2.69 bits per heavy atom. The number of nitrogens with zero attached hydrogens (tertiary/aromatic N) is 1. The van der Waals surface area contributed by atoms with Crippen molar-refractivity contribution < 1.29 is 0 Å². The topological polar surface area (TPSA) is 37.0 Å². The van der Waals surface area contributed by atoms with Crippen molar-refractivity contribution in [3.05, 3.63) is 16.1 Å². The molecule has 1 rings (SSSR count). The van der Waals surface area contributed by atoms with Crippen LogP contribution in [-0.4, -0.2) is 23.6 Å². The maximum absolute atomic E-state index is 4.39. The van der Waals surface area contributed by atoms with Gasteiger partial charge in [0.1, 0.15) is 5.01 Å². The average Bonchev–Trinajstić information content (AvgIpc) is 2.65. The monoisotopic (exact) mass is 241 g/mol. The van der Waals surface area contributed by atoms with Gasteiger partial charge in [-0.05, 0) is 26.8 Å². The first kappa shape index (κ1) is 13.6. The highest BCUT2D eigenvalue weighted by Gasteiger charge is 2.14. The van der Waals surface area contributed by atoms with Crippen molar-refractivity contribution >= 4 is 11.3 Å². The molecule has 1 aromatic rings. The summed E-state index contributed by atoms with van der Waals surface area (Å²) in [7, 11) is 0. The second-order valence-electron chi connectivity index (χ2n) is 4.59. The lowest BCUT2D eigenvalue weighted by Gasteiger charge is -2.25. The molecule has 0 aliphatic heterocycles. The number of aromatic nitrogens is 1. The Labute approximate surface area is 103 Å². The minimum atomic E-state index is 0.152. The third-order valence-corrected chi connectivity index (χ3v) is 3.59. The smallest absolute Gasteiger partial charge is 0.107 e. The number of hydrogen-bond acceptors (Lipinski definition) is 4. The lowest BCUT2D eigenvalue weighted by atomic mass is 10.1. The molecule has 0 fully saturated rings. The molecule has 16 heavy (non-hydrogen) atoms. The second kappa shape index (κ2) is 6.33. The van der Waals surface area contributed by atoms with E-state index in [1.807, 2.05) is 6.20 Å². The fraction of sp³-hybridized carbons (Fsp3) is 0.750. The van der Waals surface area contributed by atoms with Gasteiger partial charge in [-0.25, -0.2) is 4.98 Å². The third kappa shape index (κ3) is 4.60. The molecule has 0 spiro atoms. The van der Waals surface area contributed by atoms with Crippen molar-refractivity contribution in [3.63, 3.8) is 0 Å². The van der Waals surface area contributed by atoms with Crippen LogP contribution in [0.1, 0.15) is 37.6 Å². The molecule has 0 saturated heterocycles. The molecule has 0 unspecified atom stereocenters. The van der Waals surface area contributed by atoms with Crippen LogP contribution in [-0.2, 0) is 13.0 Å². The molecule has 0 aromatic carbocycles. The Balaban J connectivity index is 2.29. The Morgan fingerprint density at radius 1 is 1.38 bits per heavy atom. The summed E-state index contributed by atoms with van der Waals surface area (Å²) in [6.45, 7) is 11.6. The van der Waals surface area contributed by atoms with E-state index in [2.05, 4.69) is 43.3 Å². The van der Waals surface area contributed by atoms with Crippen LogP contribution in [0.15, 0.2) is 6.20 Å². The maximum atomic E-state index is 4.39. The molecular formula is C12H23N3S. The van der Waals surface area contributed by atoms with E-state index >= 15 is 0 Å². The predicted molar refractivity (Wildman–Crippen MR) is 71.0 cm³/mol. The average molecular weight is 241 g/mol. The van der Waals surface area contributed by atoms with Gasteiger partial charge in [-0.3, -0.25) is 0 Å². The van der Waals surface area contributed by atoms with Crippen LogP contribution in [0.3, 0.4) is 0 Å². The molecule has 0 atom stereocenters. The van der Waals surface area contributed by atoms with E-state index in [0.29, 0.717) is 0 Å². The van der Waals surface area contributed by atoms with E-state index in [-0.39, 0.29) is 5.54 Å². The van der Waals surface area contributed by atoms with Crippen LogP contribution in [0, 0.1) is 0 Å². The number of likely N-dealkylation sites (N-methyl/N-ethyl adjacent to an activating group) is 1. The summed E-state index contributed by atoms with van der Waals surface area (Å²) in [6, 6.07) is 0. The van der Waals surface area contributed by atoms with Crippen molar-refractivity contribution in [2.45, 2.75) is 46.2 Å². The van der Waals surface area contributed by atoms with Crippen LogP contribution in [0.5, 0.6) is 0 Å². The Hall–Kier alpha value is -0.450. The molecule has 0 aliphatic rings. The van der Waals surface area contributed by atoms with Crippen LogP contribution in [0.2, 0.25) is 0 Å². The van der Waals surface area contributed by atoms with Crippen LogP contribution < -0.4 is 10.6 Å². The second-order valence-corrected chi connectivity index (χ2v) is 5.79. The summed E-state index contributed by atoms with van der Waals surface area (Å²) in [6.07, 6.45) is 3.07. The van der Waals surface area contributed by atoms with E-state index in [9.17, 15) is 0 Å². The minimum absolute atomic E-state index is 0.152. The number of aryl methyl sites for hydroxylation is 1. The van der Waals surface area contributed by atoms with E-state index in [1.165, 1.54) is 9.88 Å². The van der Waals surface area contributed by atoms with Gasteiger partial charge in [0.2, 0.25) is 0 Å². The number of hydrogen-bond donors (Lipinski definition) is 2. The van der Waals surface area contributed by atoms with Gasteiger partial charge in [0.15, 0.2) is 0 Å². The van der Waals surface area contributed by atoms with Crippen LogP contribution in [0.25, 0.3) is 0 Å². The Morgan fingerprint density at radius 2 is 2.12 bits per heavy atom. The standard InChI is InChI=1S/C12H23N3S/c1-5-10-7-14-11(16-10)8-13-9-12(3,4)15-6-2/h7,13,15H,5-6,8-9H2,1-4H3. The fourth-order valence-corrected chi connectivity index (χ4v) is 2.45. The lowest BCUT2D eigenvalue weighted by Crippen LogP contribution is -2.47. The van der Waals surface area contributed by atoms with Gasteiger partial charge in [-0.1, -0.05) is 13.8 Å². The van der Waals surface area contributed by atoms with Crippen LogP contribution in [0.4, 0.5) is 0 Å². The first-order valence-corrected chi connectivity index (χ1v) is 6.78. The van der Waals surface area contributed by atoms with Gasteiger partial charge in [0, 0.05) is 29.7 Å². The summed E-state index contributed by atoms with van der Waals surface area (Å²) in [5.74, 6) is 0. The van der Waals surface area contributed by atoms with Crippen molar-refractivity contribution in [3.8, 4) is 0 Å². The van der Waals surface area contributed by atoms with Gasteiger partial charge >= 0.3 is 0 Å². The molecule has 0 saturated carbocycles. The van der Waals surface area contributed by atoms with Gasteiger partial charge in [-0.15, -0.1) is 11.3 Å². The van der Waals surface area contributed by atoms with Gasteiger partial charge in [0.25, 0.3) is 0 Å². The molecule has 1 aromatic heterocycles. The third-order valence-electron chi connectivity index (χ3n) is 2.45. The lowest BCUT2D eigenvalue weighted by molar-refractivity contribution is 0.373. The molecule has 3 nitrogen and oxygen atoms in total. The molecule has 1 heterocycles. The van der Waals surface area contributed by atoms with Crippen molar-refractivity contribution in [2.75, 3.05) is 13.1 Å². The first-order valence-electron chi connectivity index (χ1n) is 5.96. The van der Waals surface area contributed by atoms with E-state index in [4.69, 9.17) is 0 Å². The minimum Gasteiger partial charge on any atom is -0.311 e. The summed E-state index contributed by atoms with van der Waals surface area (Å²) in [5, 5.41) is 8.08. The van der Waals surface area contributed by atoms with Crippen molar-refractivity contribution in [2.24, 2.45) is 0 Å². The van der Waals surface area contributed by atoms with Crippen molar-refractivity contribution in [1.29, 1.82) is 0 Å². The number of thiazole rings is 1. The molecule has 2 N–H and O–H groups in total. The molecule has 92 valence electrons. The van der Waals surface area contributed by atoms with Crippen LogP contribution >= 0.6 is 11.3 Å².